The molecule has 8 atom stereocenters. The third-order valence-electron chi connectivity index (χ3n) is 8.31. The van der Waals surface area contributed by atoms with Gasteiger partial charge in [0.05, 0.1) is 41.4 Å². The minimum absolute atomic E-state index is 0.0559. The van der Waals surface area contributed by atoms with E-state index in [9.17, 15) is 24.9 Å². The van der Waals surface area contributed by atoms with Crippen molar-refractivity contribution >= 4 is 29.2 Å². The van der Waals surface area contributed by atoms with Crippen molar-refractivity contribution in [1.82, 2.24) is 9.88 Å². The van der Waals surface area contributed by atoms with Gasteiger partial charge in [0.15, 0.2) is 0 Å². The molecule has 0 spiro atoms. The van der Waals surface area contributed by atoms with Crippen LogP contribution in [0, 0.1) is 24.2 Å². The predicted octanol–water partition coefficient (Wildman–Crippen LogP) is 3.37. The number of carbonyl (C=O) groups excluding carboxylic acids is 2. The minimum Gasteiger partial charge on any atom is -0.458 e. The summed E-state index contributed by atoms with van der Waals surface area (Å²) in [5.41, 5.74) is 0.467. The molecule has 208 valence electrons. The van der Waals surface area contributed by atoms with Crippen molar-refractivity contribution in [3.8, 4) is 0 Å². The number of aromatic nitrogens is 1. The highest BCUT2D eigenvalue weighted by Gasteiger charge is 2.48. The van der Waals surface area contributed by atoms with E-state index < -0.39 is 35.6 Å². The van der Waals surface area contributed by atoms with E-state index in [1.807, 2.05) is 32.2 Å². The number of ether oxygens (including phenoxy) is 1. The lowest BCUT2D eigenvalue weighted by Crippen LogP contribution is -2.45. The second kappa shape index (κ2) is 12.5. The maximum atomic E-state index is 13.3. The van der Waals surface area contributed by atoms with Crippen LogP contribution in [0.2, 0.25) is 0 Å². The van der Waals surface area contributed by atoms with Crippen LogP contribution in [-0.2, 0) is 14.3 Å². The molecule has 3 heterocycles. The Morgan fingerprint density at radius 3 is 2.57 bits per heavy atom. The zero-order valence-electron chi connectivity index (χ0n) is 23.0. The number of aryl methyl sites for hydroxylation is 1. The summed E-state index contributed by atoms with van der Waals surface area (Å²) in [6.07, 6.45) is 2.19. The van der Waals surface area contributed by atoms with E-state index in [4.69, 9.17) is 4.74 Å². The fourth-order valence-corrected chi connectivity index (χ4v) is 6.22. The molecule has 37 heavy (non-hydrogen) atoms. The molecule has 1 aromatic rings. The summed E-state index contributed by atoms with van der Waals surface area (Å²) in [4.78, 5) is 33.1. The Bertz CT molecular complexity index is 976. The van der Waals surface area contributed by atoms with Gasteiger partial charge in [-0.25, -0.2) is 4.98 Å². The maximum absolute atomic E-state index is 13.3. The van der Waals surface area contributed by atoms with Crippen LogP contribution in [0.3, 0.4) is 0 Å². The molecule has 5 unspecified atom stereocenters. The van der Waals surface area contributed by atoms with Gasteiger partial charge in [0.1, 0.15) is 11.9 Å². The van der Waals surface area contributed by atoms with Crippen LogP contribution < -0.4 is 0 Å². The molecular formula is C28H44N2O6S. The van der Waals surface area contributed by atoms with Gasteiger partial charge in [-0.2, -0.15) is 0 Å². The Kier molecular flexibility index (Phi) is 10.1. The number of esters is 1. The van der Waals surface area contributed by atoms with E-state index in [2.05, 4.69) is 9.88 Å². The molecule has 2 aliphatic heterocycles. The van der Waals surface area contributed by atoms with E-state index in [1.54, 1.807) is 32.1 Å². The highest BCUT2D eigenvalue weighted by molar-refractivity contribution is 7.09. The third kappa shape index (κ3) is 7.26. The summed E-state index contributed by atoms with van der Waals surface area (Å²) >= 11 is 1.55. The molecule has 0 saturated carbocycles. The van der Waals surface area contributed by atoms with Crippen molar-refractivity contribution in [2.75, 3.05) is 13.2 Å². The number of aliphatic hydroxyl groups is 3. The van der Waals surface area contributed by atoms with Crippen molar-refractivity contribution < 1.29 is 29.6 Å². The number of hydrogen-bond acceptors (Lipinski definition) is 9. The first kappa shape index (κ1) is 29.9. The Hall–Kier alpha value is -1.65. The van der Waals surface area contributed by atoms with Gasteiger partial charge in [0.2, 0.25) is 0 Å². The van der Waals surface area contributed by atoms with Gasteiger partial charge < -0.3 is 20.1 Å². The lowest BCUT2D eigenvalue weighted by Gasteiger charge is -2.34. The average molecular weight is 537 g/mol. The van der Waals surface area contributed by atoms with Crippen molar-refractivity contribution in [3.05, 3.63) is 21.7 Å². The van der Waals surface area contributed by atoms with Gasteiger partial charge in [0.25, 0.3) is 0 Å². The van der Waals surface area contributed by atoms with Gasteiger partial charge in [-0.3, -0.25) is 14.5 Å². The lowest BCUT2D eigenvalue weighted by molar-refractivity contribution is -0.154. The molecule has 3 rings (SSSR count). The van der Waals surface area contributed by atoms with Crippen molar-refractivity contribution in [3.63, 3.8) is 0 Å². The van der Waals surface area contributed by atoms with Gasteiger partial charge in [0, 0.05) is 36.3 Å². The Morgan fingerprint density at radius 2 is 1.95 bits per heavy atom. The number of hydrogen-bond donors (Lipinski definition) is 3. The first-order valence-corrected chi connectivity index (χ1v) is 14.3. The second-order valence-corrected chi connectivity index (χ2v) is 12.5. The van der Waals surface area contributed by atoms with Crippen LogP contribution in [-0.4, -0.2) is 80.5 Å². The SMILES string of the molecule is CC(=Cc1csc(C)n1)C1C[C@H]2[C@@H](CCCC(C)[C@H](O)C(C)C(=O)C(C)(C)C(O)CC(=O)O1)N2CCO. The van der Waals surface area contributed by atoms with Crippen LogP contribution in [0.25, 0.3) is 6.08 Å². The van der Waals surface area contributed by atoms with Crippen LogP contribution in [0.5, 0.6) is 0 Å². The molecule has 0 aromatic carbocycles. The predicted molar refractivity (Wildman–Crippen MR) is 144 cm³/mol. The average Bonchev–Trinajstić information content (AvgIpc) is 3.29. The zero-order valence-corrected chi connectivity index (χ0v) is 23.8. The molecule has 2 aliphatic rings. The summed E-state index contributed by atoms with van der Waals surface area (Å²) in [6, 6.07) is 0.434. The van der Waals surface area contributed by atoms with Gasteiger partial charge >= 0.3 is 5.97 Å². The largest absolute Gasteiger partial charge is 0.458 e. The summed E-state index contributed by atoms with van der Waals surface area (Å²) < 4.78 is 5.94. The van der Waals surface area contributed by atoms with Crippen LogP contribution in [0.1, 0.15) is 77.4 Å². The molecule has 0 amide bonds. The smallest absolute Gasteiger partial charge is 0.309 e. The summed E-state index contributed by atoms with van der Waals surface area (Å²) in [6.45, 7) is 11.4. The number of Topliss-reactive ketones (excluding diaryl/α,β-unsaturated/α-hetero) is 1. The van der Waals surface area contributed by atoms with Gasteiger partial charge in [-0.15, -0.1) is 11.3 Å². The minimum atomic E-state index is -1.24. The number of aliphatic hydroxyl groups excluding tert-OH is 3. The fourth-order valence-electron chi connectivity index (χ4n) is 5.65. The molecule has 2 saturated heterocycles. The first-order chi connectivity index (χ1) is 17.4. The van der Waals surface area contributed by atoms with E-state index in [1.165, 1.54) is 0 Å². The number of β-amino-alcohol motifs (C(OH)–C–C–N with tert-alkyl or cyclic N) is 1. The van der Waals surface area contributed by atoms with Gasteiger partial charge in [-0.05, 0) is 44.3 Å². The lowest BCUT2D eigenvalue weighted by atomic mass is 9.73. The zero-order chi connectivity index (χ0) is 27.5. The standard InChI is InChI=1S/C28H44N2O6S/c1-16-8-7-9-21-22(30(21)10-11-31)13-23(17(2)12-20-15-37-19(4)29-20)36-25(33)14-24(32)28(5,6)27(35)18(3)26(16)34/h12,15-16,18,21-24,26,31-32,34H,7-11,13-14H2,1-6H3/t16?,18?,21-,22+,23?,24?,26+,30?/m1/s1. The molecule has 9 heteroatoms. The second-order valence-electron chi connectivity index (χ2n) is 11.5. The normalized spacial score (nSPS) is 36.1. The summed E-state index contributed by atoms with van der Waals surface area (Å²) in [7, 11) is 0. The van der Waals surface area contributed by atoms with E-state index in [0.717, 1.165) is 35.5 Å². The van der Waals surface area contributed by atoms with Crippen molar-refractivity contribution in [2.45, 2.75) is 104 Å². The Morgan fingerprint density at radius 1 is 1.24 bits per heavy atom. The quantitative estimate of drug-likeness (QED) is 0.396. The molecule has 3 N–H and O–H groups in total. The number of ketones is 1. The number of carbonyl (C=O) groups is 2. The van der Waals surface area contributed by atoms with Crippen LogP contribution in [0.4, 0.5) is 0 Å². The Balaban J connectivity index is 1.88. The number of nitrogens with zero attached hydrogens (tertiary/aromatic N) is 2. The van der Waals surface area contributed by atoms with Crippen LogP contribution in [0.15, 0.2) is 11.0 Å². The summed E-state index contributed by atoms with van der Waals surface area (Å²) in [5.74, 6) is -1.57. The van der Waals surface area contributed by atoms with Crippen LogP contribution >= 0.6 is 11.3 Å². The number of cyclic esters (lactones) is 1. The highest BCUT2D eigenvalue weighted by Crippen LogP contribution is 2.39. The van der Waals surface area contributed by atoms with Crippen molar-refractivity contribution in [2.24, 2.45) is 17.3 Å². The maximum Gasteiger partial charge on any atom is 0.309 e. The van der Waals surface area contributed by atoms with Gasteiger partial charge in [-0.1, -0.05) is 34.1 Å². The third-order valence-corrected chi connectivity index (χ3v) is 9.10. The molecule has 0 bridgehead atoms. The van der Waals surface area contributed by atoms with E-state index >= 15 is 0 Å². The fraction of sp³-hybridized carbons (Fsp3) is 0.750. The Labute approximate surface area is 224 Å². The summed E-state index contributed by atoms with van der Waals surface area (Å²) in [5, 5.41) is 34.3. The molecular weight excluding hydrogens is 492 g/mol. The van der Waals surface area contributed by atoms with Crippen molar-refractivity contribution in [1.29, 1.82) is 0 Å². The molecule has 8 nitrogen and oxygen atoms in total. The first-order valence-electron chi connectivity index (χ1n) is 13.4. The molecule has 0 aliphatic carbocycles. The van der Waals surface area contributed by atoms with E-state index in [-0.39, 0.29) is 36.8 Å². The van der Waals surface area contributed by atoms with E-state index in [0.29, 0.717) is 13.0 Å². The molecule has 2 fully saturated rings. The number of rotatable bonds is 4. The number of fused-ring (bicyclic) bond motifs is 1. The molecule has 1 aromatic heterocycles. The topological polar surface area (TPSA) is 120 Å². The molecule has 0 radical (unpaired) electrons. The highest BCUT2D eigenvalue weighted by atomic mass is 32.1. The number of thiazole rings is 1. The monoisotopic (exact) mass is 536 g/mol.